The molecule has 1 aliphatic carbocycles. The third-order valence-electron chi connectivity index (χ3n) is 7.42. The van der Waals surface area contributed by atoms with E-state index in [0.717, 1.165) is 63.5 Å². The van der Waals surface area contributed by atoms with Crippen molar-refractivity contribution in [3.8, 4) is 5.75 Å². The van der Waals surface area contributed by atoms with Gasteiger partial charge in [0.1, 0.15) is 18.0 Å². The number of amides is 1. The minimum atomic E-state index is -0.470. The van der Waals surface area contributed by atoms with Crippen LogP contribution < -0.4 is 20.3 Å². The van der Waals surface area contributed by atoms with Crippen molar-refractivity contribution < 1.29 is 14.3 Å². The molecule has 1 aromatic carbocycles. The second kappa shape index (κ2) is 10.6. The smallest absolute Gasteiger partial charge is 0.410 e. The molecule has 11 heteroatoms. The lowest BCUT2D eigenvalue weighted by atomic mass is 10.1. The van der Waals surface area contributed by atoms with Crippen molar-refractivity contribution in [1.82, 2.24) is 20.0 Å². The number of carbonyl (C=O) groups excluding carboxylic acids is 1. The van der Waals surface area contributed by atoms with Crippen LogP contribution in [0, 0.1) is 0 Å². The molecule has 0 unspecified atom stereocenters. The van der Waals surface area contributed by atoms with Crippen molar-refractivity contribution in [2.24, 2.45) is 0 Å². The van der Waals surface area contributed by atoms with E-state index >= 15 is 0 Å². The molecule has 3 fully saturated rings. The second-order valence-electron chi connectivity index (χ2n) is 11.4. The lowest BCUT2D eigenvalue weighted by molar-refractivity contribution is 0.0137. The van der Waals surface area contributed by atoms with Crippen LogP contribution in [0.25, 0.3) is 0 Å². The molecule has 38 heavy (non-hydrogen) atoms. The number of halogens is 1. The molecular formula is C27H38ClN7O3. The molecule has 3 aliphatic rings. The van der Waals surface area contributed by atoms with E-state index in [9.17, 15) is 4.79 Å². The predicted molar refractivity (Wildman–Crippen MR) is 149 cm³/mol. The number of rotatable bonds is 6. The molecule has 10 nitrogen and oxygen atoms in total. The molecule has 1 amide bonds. The summed E-state index contributed by atoms with van der Waals surface area (Å²) in [5.41, 5.74) is 7.77. The van der Waals surface area contributed by atoms with Gasteiger partial charge >= 0.3 is 6.09 Å². The van der Waals surface area contributed by atoms with Crippen LogP contribution in [0.1, 0.15) is 33.6 Å². The molecule has 1 saturated carbocycles. The predicted octanol–water partition coefficient (Wildman–Crippen LogP) is 3.50. The van der Waals surface area contributed by atoms with Crippen molar-refractivity contribution in [3.63, 3.8) is 0 Å². The average molecular weight is 544 g/mol. The van der Waals surface area contributed by atoms with E-state index < -0.39 is 5.60 Å². The summed E-state index contributed by atoms with van der Waals surface area (Å²) >= 11 is 6.09. The zero-order chi connectivity index (χ0) is 26.9. The summed E-state index contributed by atoms with van der Waals surface area (Å²) < 4.78 is 11.6. The van der Waals surface area contributed by atoms with Gasteiger partial charge in [0, 0.05) is 70.2 Å². The van der Waals surface area contributed by atoms with Crippen LogP contribution in [-0.4, -0.2) is 96.2 Å². The maximum absolute atomic E-state index is 12.3. The third-order valence-corrected chi connectivity index (χ3v) is 7.60. The van der Waals surface area contributed by atoms with Crippen LogP contribution in [0.3, 0.4) is 0 Å². The molecule has 2 saturated heterocycles. The number of aromatic nitrogens is 2. The Bertz CT molecular complexity index is 1150. The topological polar surface area (TPSA) is 100 Å². The molecule has 2 aliphatic heterocycles. The number of carbonyl (C=O) groups is 1. The normalized spacial score (nSPS) is 19.5. The van der Waals surface area contributed by atoms with Crippen LogP contribution in [0.15, 0.2) is 30.3 Å². The first-order valence-electron chi connectivity index (χ1n) is 13.4. The van der Waals surface area contributed by atoms with Crippen LogP contribution in [0.4, 0.5) is 22.0 Å². The largest absolute Gasteiger partial charge is 0.492 e. The quantitative estimate of drug-likeness (QED) is 0.586. The van der Waals surface area contributed by atoms with E-state index in [1.807, 2.05) is 32.9 Å². The Morgan fingerprint density at radius 2 is 1.84 bits per heavy atom. The number of nitrogen functional groups attached to an aromatic ring is 1. The van der Waals surface area contributed by atoms with E-state index in [2.05, 4.69) is 43.1 Å². The Morgan fingerprint density at radius 1 is 1.08 bits per heavy atom. The summed E-state index contributed by atoms with van der Waals surface area (Å²) in [6, 6.07) is 10.2. The van der Waals surface area contributed by atoms with Crippen LogP contribution in [-0.2, 0) is 4.74 Å². The SMILES string of the molecule is CC(C)(C)OC(=O)N1CCN(CCOc2cccc(N3CCN(c4cc(Cl)nnc4N)CC34CC4)c2)CC1. The summed E-state index contributed by atoms with van der Waals surface area (Å²) in [7, 11) is 0. The highest BCUT2D eigenvalue weighted by atomic mass is 35.5. The Kier molecular flexibility index (Phi) is 7.46. The van der Waals surface area contributed by atoms with Crippen molar-refractivity contribution >= 4 is 34.9 Å². The van der Waals surface area contributed by atoms with E-state index in [1.165, 1.54) is 5.69 Å². The number of hydrogen-bond donors (Lipinski definition) is 1. The fraction of sp³-hybridized carbons (Fsp3) is 0.593. The number of anilines is 3. The molecule has 2 N–H and O–H groups in total. The molecule has 2 aromatic rings. The van der Waals surface area contributed by atoms with Crippen LogP contribution in [0.5, 0.6) is 5.75 Å². The van der Waals surface area contributed by atoms with Gasteiger partial charge in [-0.15, -0.1) is 10.2 Å². The van der Waals surface area contributed by atoms with Gasteiger partial charge in [0.2, 0.25) is 0 Å². The van der Waals surface area contributed by atoms with E-state index in [1.54, 1.807) is 4.90 Å². The fourth-order valence-corrected chi connectivity index (χ4v) is 5.44. The van der Waals surface area contributed by atoms with E-state index in [0.29, 0.717) is 30.7 Å². The minimum Gasteiger partial charge on any atom is -0.492 e. The average Bonchev–Trinajstić information content (AvgIpc) is 3.64. The number of piperazine rings is 2. The van der Waals surface area contributed by atoms with Gasteiger partial charge in [0.25, 0.3) is 0 Å². The maximum atomic E-state index is 12.3. The van der Waals surface area contributed by atoms with Crippen LogP contribution >= 0.6 is 11.6 Å². The first-order chi connectivity index (χ1) is 18.1. The highest BCUT2D eigenvalue weighted by Gasteiger charge is 2.51. The van der Waals surface area contributed by atoms with Gasteiger partial charge in [-0.3, -0.25) is 4.90 Å². The summed E-state index contributed by atoms with van der Waals surface area (Å²) in [6.07, 6.45) is 2.04. The molecule has 1 spiro atoms. The van der Waals surface area contributed by atoms with Gasteiger partial charge < -0.3 is 29.9 Å². The van der Waals surface area contributed by atoms with Crippen molar-refractivity contribution in [2.75, 3.05) is 74.5 Å². The van der Waals surface area contributed by atoms with Gasteiger partial charge in [0.15, 0.2) is 11.0 Å². The molecule has 0 atom stereocenters. The summed E-state index contributed by atoms with van der Waals surface area (Å²) in [5.74, 6) is 1.29. The number of nitrogens with two attached hydrogens (primary N) is 1. The lowest BCUT2D eigenvalue weighted by Crippen LogP contribution is -2.55. The van der Waals surface area contributed by atoms with Gasteiger partial charge in [-0.1, -0.05) is 17.7 Å². The zero-order valence-electron chi connectivity index (χ0n) is 22.5. The van der Waals surface area contributed by atoms with E-state index in [-0.39, 0.29) is 11.6 Å². The molecule has 0 bridgehead atoms. The Hall–Kier alpha value is -2.98. The summed E-state index contributed by atoms with van der Waals surface area (Å²) in [5, 5.41) is 8.20. The number of ether oxygens (including phenoxy) is 2. The Balaban J connectivity index is 1.12. The minimum absolute atomic E-state index is 0.0902. The monoisotopic (exact) mass is 543 g/mol. The molecule has 0 radical (unpaired) electrons. The van der Waals surface area contributed by atoms with Gasteiger partial charge in [-0.25, -0.2) is 4.79 Å². The van der Waals surface area contributed by atoms with Gasteiger partial charge in [-0.05, 0) is 45.7 Å². The van der Waals surface area contributed by atoms with Crippen molar-refractivity contribution in [1.29, 1.82) is 0 Å². The van der Waals surface area contributed by atoms with Crippen LogP contribution in [0.2, 0.25) is 5.15 Å². The Labute approximate surface area is 229 Å². The Morgan fingerprint density at radius 3 is 2.55 bits per heavy atom. The van der Waals surface area contributed by atoms with Gasteiger partial charge in [-0.2, -0.15) is 0 Å². The molecule has 1 aromatic heterocycles. The summed E-state index contributed by atoms with van der Waals surface area (Å²) in [6.45, 7) is 12.7. The second-order valence-corrected chi connectivity index (χ2v) is 11.8. The third kappa shape index (κ3) is 6.18. The summed E-state index contributed by atoms with van der Waals surface area (Å²) in [4.78, 5) is 21.2. The number of benzene rings is 1. The molecular weight excluding hydrogens is 506 g/mol. The number of hydrogen-bond acceptors (Lipinski definition) is 9. The van der Waals surface area contributed by atoms with Crippen molar-refractivity contribution in [3.05, 3.63) is 35.5 Å². The van der Waals surface area contributed by atoms with E-state index in [4.69, 9.17) is 26.8 Å². The fourth-order valence-electron chi connectivity index (χ4n) is 5.29. The zero-order valence-corrected chi connectivity index (χ0v) is 23.3. The van der Waals surface area contributed by atoms with Gasteiger partial charge in [0.05, 0.1) is 11.2 Å². The molecule has 5 rings (SSSR count). The highest BCUT2D eigenvalue weighted by Crippen LogP contribution is 2.48. The highest BCUT2D eigenvalue weighted by molar-refractivity contribution is 6.29. The first kappa shape index (κ1) is 26.6. The molecule has 3 heterocycles. The first-order valence-corrected chi connectivity index (χ1v) is 13.7. The number of nitrogens with zero attached hydrogens (tertiary/aromatic N) is 6. The lowest BCUT2D eigenvalue weighted by Gasteiger charge is -2.44. The van der Waals surface area contributed by atoms with Crippen molar-refractivity contribution in [2.45, 2.75) is 44.8 Å². The maximum Gasteiger partial charge on any atom is 0.410 e. The standard InChI is InChI=1S/C27H38ClN7O3/c1-26(2,3)38-25(36)33-11-9-32(10-12-33)15-16-37-21-6-4-5-20(17-21)35-14-13-34(19-27(35)7-8-27)22-18-23(28)30-31-24(22)29/h4-6,17-18H,7-16,19H2,1-3H3,(H2,29,31). The molecule has 206 valence electrons.